The Balaban J connectivity index is 2.34. The van der Waals surface area contributed by atoms with Gasteiger partial charge in [-0.3, -0.25) is 0 Å². The Morgan fingerprint density at radius 1 is 1.44 bits per heavy atom. The molecule has 0 amide bonds. The normalized spacial score (nSPS) is 12.8. The molecule has 16 heavy (non-hydrogen) atoms. The second-order valence-electron chi connectivity index (χ2n) is 3.75. The number of hydrogen-bond donors (Lipinski definition) is 1. The highest BCUT2D eigenvalue weighted by molar-refractivity contribution is 6.31. The van der Waals surface area contributed by atoms with Crippen LogP contribution in [0, 0.1) is 6.92 Å². The summed E-state index contributed by atoms with van der Waals surface area (Å²) in [5.41, 5.74) is 7.54. The van der Waals surface area contributed by atoms with Crippen molar-refractivity contribution in [1.29, 1.82) is 0 Å². The fourth-order valence-corrected chi connectivity index (χ4v) is 1.49. The SMILES string of the molecule is Cc1nn(-c2ccc(C(C)N)cn2)cc1Cl. The number of rotatable bonds is 2. The van der Waals surface area contributed by atoms with E-state index in [4.69, 9.17) is 17.3 Å². The number of nitrogens with two attached hydrogens (primary N) is 1. The second kappa shape index (κ2) is 4.23. The number of aromatic nitrogens is 3. The van der Waals surface area contributed by atoms with E-state index < -0.39 is 0 Å². The summed E-state index contributed by atoms with van der Waals surface area (Å²) in [6.07, 6.45) is 3.50. The Morgan fingerprint density at radius 3 is 2.62 bits per heavy atom. The molecule has 0 aliphatic rings. The van der Waals surface area contributed by atoms with Crippen molar-refractivity contribution in [3.05, 3.63) is 40.8 Å². The maximum atomic E-state index is 5.93. The summed E-state index contributed by atoms with van der Waals surface area (Å²) >= 11 is 5.93. The highest BCUT2D eigenvalue weighted by Crippen LogP contribution is 2.16. The van der Waals surface area contributed by atoms with Gasteiger partial charge in [0.25, 0.3) is 0 Å². The van der Waals surface area contributed by atoms with Crippen molar-refractivity contribution in [2.24, 2.45) is 5.73 Å². The Hall–Kier alpha value is -1.39. The lowest BCUT2D eigenvalue weighted by Crippen LogP contribution is -2.06. The van der Waals surface area contributed by atoms with Crippen LogP contribution in [0.4, 0.5) is 0 Å². The fraction of sp³-hybridized carbons (Fsp3) is 0.273. The first-order valence-electron chi connectivity index (χ1n) is 5.01. The van der Waals surface area contributed by atoms with Gasteiger partial charge in [-0.25, -0.2) is 9.67 Å². The zero-order chi connectivity index (χ0) is 11.7. The molecule has 0 aliphatic heterocycles. The molecule has 0 radical (unpaired) electrons. The van der Waals surface area contributed by atoms with E-state index in [0.29, 0.717) is 5.02 Å². The predicted octanol–water partition coefficient (Wildman–Crippen LogP) is 2.25. The molecule has 0 bridgehead atoms. The summed E-state index contributed by atoms with van der Waals surface area (Å²) in [7, 11) is 0. The Labute approximate surface area is 99.1 Å². The number of aryl methyl sites for hydroxylation is 1. The van der Waals surface area contributed by atoms with E-state index in [2.05, 4.69) is 10.1 Å². The predicted molar refractivity (Wildman–Crippen MR) is 63.7 cm³/mol. The molecule has 2 aromatic rings. The van der Waals surface area contributed by atoms with Gasteiger partial charge in [0.15, 0.2) is 5.82 Å². The minimum Gasteiger partial charge on any atom is -0.324 e. The minimum atomic E-state index is -0.00973. The van der Waals surface area contributed by atoms with E-state index >= 15 is 0 Å². The number of nitrogens with zero attached hydrogens (tertiary/aromatic N) is 3. The van der Waals surface area contributed by atoms with Crippen LogP contribution in [0.5, 0.6) is 0 Å². The quantitative estimate of drug-likeness (QED) is 0.870. The van der Waals surface area contributed by atoms with Crippen LogP contribution < -0.4 is 5.73 Å². The van der Waals surface area contributed by atoms with Gasteiger partial charge in [-0.05, 0) is 25.5 Å². The van der Waals surface area contributed by atoms with E-state index in [-0.39, 0.29) is 6.04 Å². The molecule has 1 unspecified atom stereocenters. The van der Waals surface area contributed by atoms with Crippen molar-refractivity contribution in [2.75, 3.05) is 0 Å². The third-order valence-corrected chi connectivity index (χ3v) is 2.74. The first-order chi connectivity index (χ1) is 7.58. The zero-order valence-corrected chi connectivity index (χ0v) is 9.94. The smallest absolute Gasteiger partial charge is 0.153 e. The molecule has 2 heterocycles. The van der Waals surface area contributed by atoms with Gasteiger partial charge in [-0.15, -0.1) is 0 Å². The molecular formula is C11H13ClN4. The van der Waals surface area contributed by atoms with Crippen molar-refractivity contribution in [2.45, 2.75) is 19.9 Å². The lowest BCUT2D eigenvalue weighted by atomic mass is 10.2. The average Bonchev–Trinajstić information content (AvgIpc) is 2.59. The molecule has 2 aromatic heterocycles. The van der Waals surface area contributed by atoms with Crippen LogP contribution in [-0.4, -0.2) is 14.8 Å². The van der Waals surface area contributed by atoms with Gasteiger partial charge in [0.1, 0.15) is 0 Å². The third kappa shape index (κ3) is 2.08. The van der Waals surface area contributed by atoms with Gasteiger partial charge in [0.05, 0.1) is 16.9 Å². The molecule has 0 aromatic carbocycles. The van der Waals surface area contributed by atoms with Gasteiger partial charge >= 0.3 is 0 Å². The lowest BCUT2D eigenvalue weighted by Gasteiger charge is -2.05. The van der Waals surface area contributed by atoms with Crippen LogP contribution in [0.3, 0.4) is 0 Å². The molecule has 0 fully saturated rings. The number of hydrogen-bond acceptors (Lipinski definition) is 3. The van der Waals surface area contributed by atoms with Gasteiger partial charge in [0, 0.05) is 12.2 Å². The number of halogens is 1. The highest BCUT2D eigenvalue weighted by atomic mass is 35.5. The molecule has 0 spiro atoms. The van der Waals surface area contributed by atoms with Crippen LogP contribution >= 0.6 is 11.6 Å². The van der Waals surface area contributed by atoms with Gasteiger partial charge in [-0.2, -0.15) is 5.10 Å². The molecule has 84 valence electrons. The molecule has 0 saturated heterocycles. The van der Waals surface area contributed by atoms with Crippen LogP contribution in [0.1, 0.15) is 24.2 Å². The van der Waals surface area contributed by atoms with Crippen LogP contribution in [0.15, 0.2) is 24.5 Å². The third-order valence-electron chi connectivity index (χ3n) is 2.37. The first kappa shape index (κ1) is 11.1. The molecular weight excluding hydrogens is 224 g/mol. The van der Waals surface area contributed by atoms with Crippen molar-refractivity contribution in [1.82, 2.24) is 14.8 Å². The largest absolute Gasteiger partial charge is 0.324 e. The molecule has 0 saturated carbocycles. The molecule has 2 N–H and O–H groups in total. The van der Waals surface area contributed by atoms with Crippen molar-refractivity contribution < 1.29 is 0 Å². The fourth-order valence-electron chi connectivity index (χ4n) is 1.36. The summed E-state index contributed by atoms with van der Waals surface area (Å²) in [4.78, 5) is 4.29. The lowest BCUT2D eigenvalue weighted by molar-refractivity contribution is 0.794. The van der Waals surface area contributed by atoms with E-state index in [1.165, 1.54) is 0 Å². The summed E-state index contributed by atoms with van der Waals surface area (Å²) < 4.78 is 1.66. The second-order valence-corrected chi connectivity index (χ2v) is 4.15. The Bertz CT molecular complexity index is 468. The van der Waals surface area contributed by atoms with E-state index in [1.54, 1.807) is 17.1 Å². The summed E-state index contributed by atoms with van der Waals surface area (Å²) in [5.74, 6) is 0.736. The molecule has 0 aliphatic carbocycles. The Kier molecular flexibility index (Phi) is 2.94. The maximum absolute atomic E-state index is 5.93. The standard InChI is InChI=1S/C11H13ClN4/c1-7(13)9-3-4-11(14-5-9)16-6-10(12)8(2)15-16/h3-7H,13H2,1-2H3. The number of pyridine rings is 1. The topological polar surface area (TPSA) is 56.7 Å². The molecule has 5 heteroatoms. The minimum absolute atomic E-state index is 0.00973. The van der Waals surface area contributed by atoms with Crippen molar-refractivity contribution in [3.63, 3.8) is 0 Å². The van der Waals surface area contributed by atoms with Crippen LogP contribution in [-0.2, 0) is 0 Å². The Morgan fingerprint density at radius 2 is 2.19 bits per heavy atom. The van der Waals surface area contributed by atoms with Crippen LogP contribution in [0.2, 0.25) is 5.02 Å². The van der Waals surface area contributed by atoms with Crippen LogP contribution in [0.25, 0.3) is 5.82 Å². The molecule has 4 nitrogen and oxygen atoms in total. The van der Waals surface area contributed by atoms with Crippen molar-refractivity contribution >= 4 is 11.6 Å². The van der Waals surface area contributed by atoms with Crippen molar-refractivity contribution in [3.8, 4) is 5.82 Å². The summed E-state index contributed by atoms with van der Waals surface area (Å²) in [5, 5.41) is 4.88. The highest BCUT2D eigenvalue weighted by Gasteiger charge is 2.05. The van der Waals surface area contributed by atoms with E-state index in [0.717, 1.165) is 17.1 Å². The summed E-state index contributed by atoms with van der Waals surface area (Å²) in [6, 6.07) is 3.81. The van der Waals surface area contributed by atoms with Gasteiger partial charge in [-0.1, -0.05) is 17.7 Å². The first-order valence-corrected chi connectivity index (χ1v) is 5.39. The van der Waals surface area contributed by atoms with Gasteiger partial charge in [0.2, 0.25) is 0 Å². The average molecular weight is 237 g/mol. The zero-order valence-electron chi connectivity index (χ0n) is 9.18. The summed E-state index contributed by atoms with van der Waals surface area (Å²) in [6.45, 7) is 3.78. The molecule has 2 rings (SSSR count). The van der Waals surface area contributed by atoms with Gasteiger partial charge < -0.3 is 5.73 Å². The monoisotopic (exact) mass is 236 g/mol. The van der Waals surface area contributed by atoms with E-state index in [1.807, 2.05) is 26.0 Å². The molecule has 1 atom stereocenters. The maximum Gasteiger partial charge on any atom is 0.153 e. The van der Waals surface area contributed by atoms with E-state index in [9.17, 15) is 0 Å².